The number of Topliss-reactive ketones (excluding diaryl/α,β-unsaturated/α-hetero) is 1. The molecule has 0 N–H and O–H groups in total. The summed E-state index contributed by atoms with van der Waals surface area (Å²) in [6, 6.07) is 15.4. The van der Waals surface area contributed by atoms with Gasteiger partial charge in [-0.15, -0.1) is 10.2 Å². The first-order valence-electron chi connectivity index (χ1n) is 8.19. The van der Waals surface area contributed by atoms with Crippen LogP contribution in [0, 0.1) is 0 Å². The van der Waals surface area contributed by atoms with E-state index in [0.717, 1.165) is 10.0 Å². The Hall–Kier alpha value is -1.92. The molecule has 0 bridgehead atoms. The largest absolute Gasteiger partial charge is 0.411 e. The number of halogens is 1. The van der Waals surface area contributed by atoms with E-state index in [0.29, 0.717) is 16.7 Å². The van der Waals surface area contributed by atoms with Crippen LogP contribution in [-0.2, 0) is 5.41 Å². The quantitative estimate of drug-likeness (QED) is 0.379. The molecule has 0 fully saturated rings. The van der Waals surface area contributed by atoms with E-state index in [1.54, 1.807) is 0 Å². The molecule has 0 atom stereocenters. The Kier molecular flexibility index (Phi) is 5.63. The van der Waals surface area contributed by atoms with Crippen molar-refractivity contribution in [3.63, 3.8) is 0 Å². The highest BCUT2D eigenvalue weighted by molar-refractivity contribution is 9.10. The first-order chi connectivity index (χ1) is 12.3. The molecule has 2 aromatic carbocycles. The molecule has 6 heteroatoms. The number of hydrogen-bond donors (Lipinski definition) is 0. The van der Waals surface area contributed by atoms with Crippen molar-refractivity contribution in [3.8, 4) is 11.5 Å². The molecule has 1 heterocycles. The van der Waals surface area contributed by atoms with E-state index in [9.17, 15) is 4.79 Å². The Morgan fingerprint density at radius 2 is 1.85 bits per heavy atom. The van der Waals surface area contributed by atoms with E-state index in [1.165, 1.54) is 17.3 Å². The maximum absolute atomic E-state index is 12.4. The molecule has 3 rings (SSSR count). The highest BCUT2D eigenvalue weighted by Gasteiger charge is 2.15. The van der Waals surface area contributed by atoms with E-state index >= 15 is 0 Å². The molecule has 0 aliphatic carbocycles. The van der Waals surface area contributed by atoms with Crippen LogP contribution in [0.5, 0.6) is 0 Å². The molecular formula is C20H19BrN2O2S. The van der Waals surface area contributed by atoms with Crippen molar-refractivity contribution in [1.82, 2.24) is 10.2 Å². The topological polar surface area (TPSA) is 56.0 Å². The number of benzene rings is 2. The summed E-state index contributed by atoms with van der Waals surface area (Å²) < 4.78 is 6.58. The second kappa shape index (κ2) is 7.76. The van der Waals surface area contributed by atoms with Gasteiger partial charge in [0.05, 0.1) is 5.75 Å². The third-order valence-electron chi connectivity index (χ3n) is 3.88. The molecule has 0 unspecified atom stereocenters. The average molecular weight is 431 g/mol. The minimum absolute atomic E-state index is 0.0395. The smallest absolute Gasteiger partial charge is 0.277 e. The molecule has 0 aliphatic rings. The Balaban J connectivity index is 1.63. The van der Waals surface area contributed by atoms with Crippen LogP contribution in [0.25, 0.3) is 11.5 Å². The first kappa shape index (κ1) is 18.9. The molecule has 1 aromatic heterocycles. The summed E-state index contributed by atoms with van der Waals surface area (Å²) in [5.41, 5.74) is 2.81. The van der Waals surface area contributed by atoms with Crippen LogP contribution in [0.4, 0.5) is 0 Å². The van der Waals surface area contributed by atoms with Crippen LogP contribution in [-0.4, -0.2) is 21.7 Å². The fourth-order valence-electron chi connectivity index (χ4n) is 2.37. The fraction of sp³-hybridized carbons (Fsp3) is 0.250. The summed E-state index contributed by atoms with van der Waals surface area (Å²) in [4.78, 5) is 12.4. The van der Waals surface area contributed by atoms with Crippen LogP contribution in [0.1, 0.15) is 36.7 Å². The molecule has 0 amide bonds. The molecule has 0 aliphatic heterocycles. The van der Waals surface area contributed by atoms with Crippen LogP contribution < -0.4 is 0 Å². The number of carbonyl (C=O) groups is 1. The zero-order valence-electron chi connectivity index (χ0n) is 14.8. The lowest BCUT2D eigenvalue weighted by atomic mass is 9.86. The third kappa shape index (κ3) is 4.62. The van der Waals surface area contributed by atoms with Gasteiger partial charge in [-0.1, -0.05) is 78.8 Å². The number of nitrogens with zero attached hydrogens (tertiary/aromatic N) is 2. The van der Waals surface area contributed by atoms with Crippen molar-refractivity contribution in [1.29, 1.82) is 0 Å². The summed E-state index contributed by atoms with van der Waals surface area (Å²) in [6.45, 7) is 6.45. The molecule has 0 saturated heterocycles. The van der Waals surface area contributed by atoms with Gasteiger partial charge in [0, 0.05) is 15.6 Å². The number of rotatable bonds is 5. The van der Waals surface area contributed by atoms with E-state index in [4.69, 9.17) is 4.42 Å². The molecule has 0 spiro atoms. The number of ketones is 1. The van der Waals surface area contributed by atoms with Gasteiger partial charge in [0.25, 0.3) is 5.22 Å². The Labute approximate surface area is 165 Å². The van der Waals surface area contributed by atoms with E-state index < -0.39 is 0 Å². The van der Waals surface area contributed by atoms with E-state index in [1.807, 2.05) is 48.5 Å². The molecule has 3 aromatic rings. The maximum Gasteiger partial charge on any atom is 0.277 e. The van der Waals surface area contributed by atoms with Gasteiger partial charge in [-0.2, -0.15) is 0 Å². The molecule has 26 heavy (non-hydrogen) atoms. The fourth-order valence-corrected chi connectivity index (χ4v) is 3.43. The second-order valence-corrected chi connectivity index (χ2v) is 8.76. The van der Waals surface area contributed by atoms with Gasteiger partial charge in [-0.3, -0.25) is 4.79 Å². The van der Waals surface area contributed by atoms with Crippen molar-refractivity contribution < 1.29 is 9.21 Å². The van der Waals surface area contributed by atoms with Gasteiger partial charge in [-0.25, -0.2) is 0 Å². The molecule has 134 valence electrons. The maximum atomic E-state index is 12.4. The highest BCUT2D eigenvalue weighted by Crippen LogP contribution is 2.26. The van der Waals surface area contributed by atoms with Gasteiger partial charge < -0.3 is 4.42 Å². The standard InChI is InChI=1S/C20H19BrN2O2S/c1-20(2,3)15-9-7-13(8-10-15)17(24)12-26-19-23-22-18(25-19)14-5-4-6-16(21)11-14/h4-11H,12H2,1-3H3. The molecule has 0 saturated carbocycles. The molecular weight excluding hydrogens is 412 g/mol. The number of carbonyl (C=O) groups excluding carboxylic acids is 1. The summed E-state index contributed by atoms with van der Waals surface area (Å²) in [5.74, 6) is 0.739. The summed E-state index contributed by atoms with van der Waals surface area (Å²) >= 11 is 4.67. The van der Waals surface area contributed by atoms with Crippen LogP contribution in [0.15, 0.2) is 62.6 Å². The van der Waals surface area contributed by atoms with Crippen molar-refractivity contribution in [2.45, 2.75) is 31.4 Å². The van der Waals surface area contributed by atoms with Crippen molar-refractivity contribution >= 4 is 33.5 Å². The van der Waals surface area contributed by atoms with Crippen molar-refractivity contribution in [2.24, 2.45) is 0 Å². The minimum atomic E-state index is 0.0395. The van der Waals surface area contributed by atoms with E-state index in [2.05, 4.69) is 46.9 Å². The SMILES string of the molecule is CC(C)(C)c1ccc(C(=O)CSc2nnc(-c3cccc(Br)c3)o2)cc1. The molecule has 4 nitrogen and oxygen atoms in total. The summed E-state index contributed by atoms with van der Waals surface area (Å²) in [5, 5.41) is 8.45. The van der Waals surface area contributed by atoms with Gasteiger partial charge >= 0.3 is 0 Å². The summed E-state index contributed by atoms with van der Waals surface area (Å²) in [6.07, 6.45) is 0. The number of thioether (sulfide) groups is 1. The normalized spacial score (nSPS) is 11.5. The minimum Gasteiger partial charge on any atom is -0.411 e. The summed E-state index contributed by atoms with van der Waals surface area (Å²) in [7, 11) is 0. The van der Waals surface area contributed by atoms with Crippen LogP contribution in [0.3, 0.4) is 0 Å². The van der Waals surface area contributed by atoms with Gasteiger partial charge in [0.2, 0.25) is 5.89 Å². The predicted molar refractivity (Wildman–Crippen MR) is 108 cm³/mol. The third-order valence-corrected chi connectivity index (χ3v) is 5.19. The van der Waals surface area contributed by atoms with Gasteiger partial charge in [-0.05, 0) is 29.2 Å². The lowest BCUT2D eigenvalue weighted by Gasteiger charge is -2.18. The molecule has 0 radical (unpaired) electrons. The van der Waals surface area contributed by atoms with E-state index in [-0.39, 0.29) is 17.0 Å². The predicted octanol–water partition coefficient (Wildman–Crippen LogP) is 5.77. The Morgan fingerprint density at radius 3 is 2.50 bits per heavy atom. The van der Waals surface area contributed by atoms with Gasteiger partial charge in [0.15, 0.2) is 5.78 Å². The lowest BCUT2D eigenvalue weighted by molar-refractivity contribution is 0.102. The second-order valence-electron chi connectivity index (χ2n) is 6.92. The number of hydrogen-bond acceptors (Lipinski definition) is 5. The first-order valence-corrected chi connectivity index (χ1v) is 9.97. The highest BCUT2D eigenvalue weighted by atomic mass is 79.9. The zero-order valence-corrected chi connectivity index (χ0v) is 17.2. The Bertz CT molecular complexity index is 914. The van der Waals surface area contributed by atoms with Crippen molar-refractivity contribution in [3.05, 3.63) is 64.1 Å². The van der Waals surface area contributed by atoms with Crippen LogP contribution in [0.2, 0.25) is 0 Å². The lowest BCUT2D eigenvalue weighted by Crippen LogP contribution is -2.11. The zero-order chi connectivity index (χ0) is 18.7. The van der Waals surface area contributed by atoms with Crippen LogP contribution >= 0.6 is 27.7 Å². The average Bonchev–Trinajstić information content (AvgIpc) is 3.08. The van der Waals surface area contributed by atoms with Crippen molar-refractivity contribution in [2.75, 3.05) is 5.75 Å². The van der Waals surface area contributed by atoms with Gasteiger partial charge in [0.1, 0.15) is 0 Å². The Morgan fingerprint density at radius 1 is 1.12 bits per heavy atom. The monoisotopic (exact) mass is 430 g/mol. The number of aromatic nitrogens is 2.